The van der Waals surface area contributed by atoms with Gasteiger partial charge < -0.3 is 10.5 Å². The summed E-state index contributed by atoms with van der Waals surface area (Å²) in [5, 5.41) is 0. The molecule has 0 saturated heterocycles. The van der Waals surface area contributed by atoms with E-state index in [-0.39, 0.29) is 6.54 Å². The summed E-state index contributed by atoms with van der Waals surface area (Å²) in [5.41, 5.74) is 6.15. The Kier molecular flexibility index (Phi) is 4.28. The lowest BCUT2D eigenvalue weighted by Crippen LogP contribution is -2.09. The molecule has 0 spiro atoms. The van der Waals surface area contributed by atoms with Crippen LogP contribution in [0.5, 0.6) is 5.75 Å². The van der Waals surface area contributed by atoms with Crippen molar-refractivity contribution in [1.29, 1.82) is 0 Å². The first kappa shape index (κ1) is 11.4. The minimum absolute atomic E-state index is 0.262. The highest BCUT2D eigenvalue weighted by Crippen LogP contribution is 2.23. The Morgan fingerprint density at radius 3 is 2.71 bits per heavy atom. The second-order valence-electron chi connectivity index (χ2n) is 2.66. The molecule has 0 heterocycles. The van der Waals surface area contributed by atoms with Crippen LogP contribution >= 0.6 is 15.9 Å². The summed E-state index contributed by atoms with van der Waals surface area (Å²) in [6, 6.07) is 5.09. The van der Waals surface area contributed by atoms with Crippen molar-refractivity contribution in [2.45, 2.75) is 13.0 Å². The summed E-state index contributed by atoms with van der Waals surface area (Å²) >= 11 is 3.26. The number of hydrogen-bond acceptors (Lipinski definition) is 2. The number of halogens is 3. The summed E-state index contributed by atoms with van der Waals surface area (Å²) in [5.74, 6) is 0.413. The van der Waals surface area contributed by atoms with Crippen LogP contribution < -0.4 is 10.5 Å². The van der Waals surface area contributed by atoms with Crippen molar-refractivity contribution in [2.24, 2.45) is 5.73 Å². The van der Waals surface area contributed by atoms with E-state index in [1.54, 1.807) is 18.2 Å². The predicted molar refractivity (Wildman–Crippen MR) is 53.5 cm³/mol. The van der Waals surface area contributed by atoms with Crippen molar-refractivity contribution in [3.8, 4) is 5.75 Å². The molecular formula is C9H10BrF2NO. The van der Waals surface area contributed by atoms with Gasteiger partial charge in [0.15, 0.2) is 0 Å². The topological polar surface area (TPSA) is 35.2 Å². The third-order valence-electron chi connectivity index (χ3n) is 1.61. The van der Waals surface area contributed by atoms with Gasteiger partial charge in [0.2, 0.25) is 0 Å². The fraction of sp³-hybridized carbons (Fsp3) is 0.333. The fourth-order valence-electron chi connectivity index (χ4n) is 1.00. The average molecular weight is 266 g/mol. The van der Waals surface area contributed by atoms with Gasteiger partial charge in [0.05, 0.1) is 0 Å². The summed E-state index contributed by atoms with van der Waals surface area (Å²) < 4.78 is 29.5. The maximum Gasteiger partial charge on any atom is 0.272 e. The predicted octanol–water partition coefficient (Wildman–Crippen LogP) is 2.55. The molecule has 0 bridgehead atoms. The van der Waals surface area contributed by atoms with Crippen LogP contribution in [-0.2, 0) is 6.54 Å². The first-order valence-corrected chi connectivity index (χ1v) is 4.82. The number of ether oxygens (including phenoxy) is 1. The Morgan fingerprint density at radius 2 is 2.14 bits per heavy atom. The number of rotatable bonds is 4. The van der Waals surface area contributed by atoms with Gasteiger partial charge in [0, 0.05) is 16.6 Å². The molecule has 0 aromatic heterocycles. The lowest BCUT2D eigenvalue weighted by molar-refractivity contribution is 0.0814. The van der Waals surface area contributed by atoms with E-state index in [0.29, 0.717) is 11.3 Å². The lowest BCUT2D eigenvalue weighted by atomic mass is 10.2. The van der Waals surface area contributed by atoms with E-state index >= 15 is 0 Å². The molecule has 0 aliphatic carbocycles. The molecule has 14 heavy (non-hydrogen) atoms. The molecule has 2 N–H and O–H groups in total. The number of benzene rings is 1. The van der Waals surface area contributed by atoms with Gasteiger partial charge in [0.1, 0.15) is 12.4 Å². The Morgan fingerprint density at radius 1 is 1.43 bits per heavy atom. The van der Waals surface area contributed by atoms with E-state index in [1.165, 1.54) is 0 Å². The van der Waals surface area contributed by atoms with Gasteiger partial charge in [-0.05, 0) is 18.2 Å². The third kappa shape index (κ3) is 3.23. The zero-order valence-electron chi connectivity index (χ0n) is 7.34. The minimum Gasteiger partial charge on any atom is -0.487 e. The summed E-state index contributed by atoms with van der Waals surface area (Å²) in [4.78, 5) is 0. The molecule has 2 nitrogen and oxygen atoms in total. The van der Waals surface area contributed by atoms with Crippen molar-refractivity contribution < 1.29 is 13.5 Å². The van der Waals surface area contributed by atoms with Crippen LogP contribution in [0.3, 0.4) is 0 Å². The molecule has 0 aliphatic rings. The van der Waals surface area contributed by atoms with Crippen molar-refractivity contribution in [2.75, 3.05) is 6.61 Å². The number of hydrogen-bond donors (Lipinski definition) is 1. The molecule has 78 valence electrons. The van der Waals surface area contributed by atoms with Gasteiger partial charge in [-0.25, -0.2) is 8.78 Å². The molecule has 0 saturated carbocycles. The molecule has 0 amide bonds. The Hall–Kier alpha value is -0.680. The maximum absolute atomic E-state index is 11.9. The van der Waals surface area contributed by atoms with Crippen LogP contribution in [0.2, 0.25) is 0 Å². The van der Waals surface area contributed by atoms with Gasteiger partial charge in [-0.15, -0.1) is 0 Å². The van der Waals surface area contributed by atoms with Crippen LogP contribution in [-0.4, -0.2) is 13.0 Å². The average Bonchev–Trinajstić information content (AvgIpc) is 2.15. The highest BCUT2D eigenvalue weighted by molar-refractivity contribution is 9.10. The van der Waals surface area contributed by atoms with Crippen LogP contribution in [0.1, 0.15) is 5.56 Å². The summed E-state index contributed by atoms with van der Waals surface area (Å²) in [7, 11) is 0. The Bertz CT molecular complexity index is 307. The monoisotopic (exact) mass is 265 g/mol. The van der Waals surface area contributed by atoms with E-state index in [4.69, 9.17) is 10.5 Å². The lowest BCUT2D eigenvalue weighted by Gasteiger charge is -2.09. The van der Waals surface area contributed by atoms with E-state index in [0.717, 1.165) is 4.47 Å². The minimum atomic E-state index is -2.47. The Labute approximate surface area is 89.2 Å². The second kappa shape index (κ2) is 5.26. The van der Waals surface area contributed by atoms with Crippen LogP contribution in [0.15, 0.2) is 22.7 Å². The number of nitrogens with two attached hydrogens (primary N) is 1. The van der Waals surface area contributed by atoms with Crippen LogP contribution in [0, 0.1) is 0 Å². The SMILES string of the molecule is NCc1cc(Br)ccc1OCC(F)F. The molecule has 1 aromatic carbocycles. The normalized spacial score (nSPS) is 10.6. The van der Waals surface area contributed by atoms with Gasteiger partial charge in [0.25, 0.3) is 6.43 Å². The maximum atomic E-state index is 11.9. The van der Waals surface area contributed by atoms with Crippen molar-refractivity contribution in [3.05, 3.63) is 28.2 Å². The van der Waals surface area contributed by atoms with Gasteiger partial charge in [-0.1, -0.05) is 15.9 Å². The standard InChI is InChI=1S/C9H10BrF2NO/c10-7-1-2-8(6(3-7)4-13)14-5-9(11)12/h1-3,9H,4-5,13H2. The van der Waals surface area contributed by atoms with E-state index < -0.39 is 13.0 Å². The Balaban J connectivity index is 2.75. The molecule has 0 fully saturated rings. The first-order chi connectivity index (χ1) is 6.63. The van der Waals surface area contributed by atoms with E-state index in [9.17, 15) is 8.78 Å². The van der Waals surface area contributed by atoms with Crippen LogP contribution in [0.25, 0.3) is 0 Å². The van der Waals surface area contributed by atoms with Gasteiger partial charge in [-0.2, -0.15) is 0 Å². The van der Waals surface area contributed by atoms with Crippen molar-refractivity contribution in [1.82, 2.24) is 0 Å². The molecule has 1 aromatic rings. The van der Waals surface area contributed by atoms with Gasteiger partial charge >= 0.3 is 0 Å². The summed E-state index contributed by atoms with van der Waals surface area (Å²) in [6.45, 7) is -0.341. The molecule has 1 rings (SSSR count). The zero-order chi connectivity index (χ0) is 10.6. The molecule has 0 unspecified atom stereocenters. The second-order valence-corrected chi connectivity index (χ2v) is 3.57. The zero-order valence-corrected chi connectivity index (χ0v) is 8.93. The molecular weight excluding hydrogens is 256 g/mol. The van der Waals surface area contributed by atoms with E-state index in [2.05, 4.69) is 15.9 Å². The van der Waals surface area contributed by atoms with Crippen molar-refractivity contribution in [3.63, 3.8) is 0 Å². The largest absolute Gasteiger partial charge is 0.487 e. The molecule has 0 radical (unpaired) electrons. The quantitative estimate of drug-likeness (QED) is 0.908. The smallest absolute Gasteiger partial charge is 0.272 e. The molecule has 5 heteroatoms. The van der Waals surface area contributed by atoms with Crippen molar-refractivity contribution >= 4 is 15.9 Å². The van der Waals surface area contributed by atoms with Crippen LogP contribution in [0.4, 0.5) is 8.78 Å². The molecule has 0 aliphatic heterocycles. The first-order valence-electron chi connectivity index (χ1n) is 4.03. The van der Waals surface area contributed by atoms with Gasteiger partial charge in [-0.3, -0.25) is 0 Å². The molecule has 0 atom stereocenters. The summed E-state index contributed by atoms with van der Waals surface area (Å²) in [6.07, 6.45) is -2.47. The third-order valence-corrected chi connectivity index (χ3v) is 2.10. The van der Waals surface area contributed by atoms with E-state index in [1.807, 2.05) is 0 Å². The highest BCUT2D eigenvalue weighted by Gasteiger charge is 2.07. The number of alkyl halides is 2. The fourth-order valence-corrected chi connectivity index (χ4v) is 1.41. The highest BCUT2D eigenvalue weighted by atomic mass is 79.9.